The monoisotopic (exact) mass is 316 g/mol. The zero-order valence-corrected chi connectivity index (χ0v) is 12.9. The van der Waals surface area contributed by atoms with Crippen LogP contribution >= 0.6 is 0 Å². The van der Waals surface area contributed by atoms with E-state index in [9.17, 15) is 9.18 Å². The molecule has 0 saturated carbocycles. The number of nitrogens with one attached hydrogen (secondary N) is 1. The number of benzene rings is 2. The number of rotatable bonds is 8. The van der Waals surface area contributed by atoms with Crippen LogP contribution in [0.25, 0.3) is 0 Å². The van der Waals surface area contributed by atoms with E-state index in [0.717, 1.165) is 17.7 Å². The van der Waals surface area contributed by atoms with E-state index >= 15 is 0 Å². The largest absolute Gasteiger partial charge is 0.494 e. The highest BCUT2D eigenvalue weighted by Crippen LogP contribution is 2.11. The highest BCUT2D eigenvalue weighted by Gasteiger charge is 2.02. The minimum Gasteiger partial charge on any atom is -0.494 e. The summed E-state index contributed by atoms with van der Waals surface area (Å²) in [5.41, 5.74) is 7.49. The molecule has 5 heteroatoms. The van der Waals surface area contributed by atoms with Gasteiger partial charge in [-0.3, -0.25) is 4.79 Å². The second kappa shape index (κ2) is 8.78. The normalized spacial score (nSPS) is 10.3. The molecule has 2 aromatic carbocycles. The van der Waals surface area contributed by atoms with Gasteiger partial charge in [-0.25, -0.2) is 4.39 Å². The molecule has 2 rings (SSSR count). The molecule has 1 amide bonds. The fourth-order valence-corrected chi connectivity index (χ4v) is 2.07. The van der Waals surface area contributed by atoms with Crippen LogP contribution in [-0.4, -0.2) is 19.1 Å². The third-order valence-corrected chi connectivity index (χ3v) is 3.35. The van der Waals surface area contributed by atoms with E-state index in [-0.39, 0.29) is 11.7 Å². The number of carbonyl (C=O) groups excluding carboxylic acids is 1. The zero-order valence-electron chi connectivity index (χ0n) is 12.9. The van der Waals surface area contributed by atoms with Crippen molar-refractivity contribution in [3.8, 4) is 5.75 Å². The van der Waals surface area contributed by atoms with Gasteiger partial charge >= 0.3 is 0 Å². The summed E-state index contributed by atoms with van der Waals surface area (Å²) in [5.74, 6) is 0.316. The van der Waals surface area contributed by atoms with Crippen LogP contribution in [0, 0.1) is 5.82 Å². The standard InChI is InChI=1S/C18H21FN2O2/c19-15-5-9-17(10-6-15)23-13-1-2-18(22)21-12-11-14-3-7-16(20)8-4-14/h3-10H,1-2,11-13,20H2,(H,21,22). The molecule has 4 nitrogen and oxygen atoms in total. The van der Waals surface area contributed by atoms with Crippen LogP contribution in [0.2, 0.25) is 0 Å². The molecule has 23 heavy (non-hydrogen) atoms. The van der Waals surface area contributed by atoms with Crippen molar-refractivity contribution in [2.24, 2.45) is 0 Å². The molecule has 3 N–H and O–H groups in total. The summed E-state index contributed by atoms with van der Waals surface area (Å²) in [6.07, 6.45) is 1.80. The Bertz CT molecular complexity index is 612. The lowest BCUT2D eigenvalue weighted by Gasteiger charge is -2.07. The van der Waals surface area contributed by atoms with Crippen molar-refractivity contribution in [2.45, 2.75) is 19.3 Å². The molecule has 0 aliphatic carbocycles. The van der Waals surface area contributed by atoms with Crippen molar-refractivity contribution < 1.29 is 13.9 Å². The van der Waals surface area contributed by atoms with Crippen LogP contribution < -0.4 is 15.8 Å². The predicted molar refractivity (Wildman–Crippen MR) is 88.7 cm³/mol. The second-order valence-electron chi connectivity index (χ2n) is 5.25. The molecular weight excluding hydrogens is 295 g/mol. The number of halogens is 1. The number of nitrogen functional groups attached to an aromatic ring is 1. The van der Waals surface area contributed by atoms with Crippen molar-refractivity contribution in [1.82, 2.24) is 5.32 Å². The van der Waals surface area contributed by atoms with E-state index < -0.39 is 0 Å². The molecule has 0 spiro atoms. The van der Waals surface area contributed by atoms with Gasteiger partial charge in [0.25, 0.3) is 0 Å². The average Bonchev–Trinajstić information content (AvgIpc) is 2.55. The van der Waals surface area contributed by atoms with Crippen LogP contribution in [0.1, 0.15) is 18.4 Å². The Kier molecular flexibility index (Phi) is 6.41. The number of hydrogen-bond donors (Lipinski definition) is 2. The van der Waals surface area contributed by atoms with Crippen molar-refractivity contribution in [1.29, 1.82) is 0 Å². The van der Waals surface area contributed by atoms with Gasteiger partial charge in [0.2, 0.25) is 5.91 Å². The molecule has 0 heterocycles. The maximum atomic E-state index is 12.7. The Hall–Kier alpha value is -2.56. The summed E-state index contributed by atoms with van der Waals surface area (Å²) in [5, 5.41) is 2.88. The van der Waals surface area contributed by atoms with Gasteiger partial charge < -0.3 is 15.8 Å². The van der Waals surface area contributed by atoms with Gasteiger partial charge in [0.1, 0.15) is 11.6 Å². The molecule has 0 unspecified atom stereocenters. The van der Waals surface area contributed by atoms with Crippen LogP contribution in [-0.2, 0) is 11.2 Å². The molecule has 0 aliphatic rings. The lowest BCUT2D eigenvalue weighted by molar-refractivity contribution is -0.121. The van der Waals surface area contributed by atoms with E-state index in [0.29, 0.717) is 31.7 Å². The van der Waals surface area contributed by atoms with Crippen LogP contribution in [0.5, 0.6) is 5.75 Å². The van der Waals surface area contributed by atoms with Crippen molar-refractivity contribution in [3.05, 3.63) is 59.9 Å². The second-order valence-corrected chi connectivity index (χ2v) is 5.25. The van der Waals surface area contributed by atoms with E-state index in [2.05, 4.69) is 5.32 Å². The first-order valence-electron chi connectivity index (χ1n) is 7.63. The summed E-state index contributed by atoms with van der Waals surface area (Å²) in [4.78, 5) is 11.7. The van der Waals surface area contributed by atoms with Gasteiger partial charge in [0, 0.05) is 18.7 Å². The van der Waals surface area contributed by atoms with Gasteiger partial charge in [0.15, 0.2) is 0 Å². The molecule has 0 atom stereocenters. The summed E-state index contributed by atoms with van der Waals surface area (Å²) >= 11 is 0. The Morgan fingerprint density at radius 3 is 2.48 bits per heavy atom. The summed E-state index contributed by atoms with van der Waals surface area (Å²) < 4.78 is 18.2. The van der Waals surface area contributed by atoms with Gasteiger partial charge in [-0.2, -0.15) is 0 Å². The Morgan fingerprint density at radius 1 is 1.09 bits per heavy atom. The van der Waals surface area contributed by atoms with Crippen LogP contribution in [0.4, 0.5) is 10.1 Å². The van der Waals surface area contributed by atoms with Gasteiger partial charge in [-0.15, -0.1) is 0 Å². The molecule has 0 radical (unpaired) electrons. The molecule has 0 aromatic heterocycles. The molecule has 122 valence electrons. The van der Waals surface area contributed by atoms with Crippen LogP contribution in [0.3, 0.4) is 0 Å². The average molecular weight is 316 g/mol. The molecular formula is C18H21FN2O2. The summed E-state index contributed by atoms with van der Waals surface area (Å²) in [6, 6.07) is 13.5. The molecule has 0 fully saturated rings. The van der Waals surface area contributed by atoms with E-state index in [1.165, 1.54) is 12.1 Å². The number of amides is 1. The fourth-order valence-electron chi connectivity index (χ4n) is 2.07. The fraction of sp³-hybridized carbons (Fsp3) is 0.278. The number of hydrogen-bond acceptors (Lipinski definition) is 3. The van der Waals surface area contributed by atoms with Crippen molar-refractivity contribution >= 4 is 11.6 Å². The van der Waals surface area contributed by atoms with Crippen LogP contribution in [0.15, 0.2) is 48.5 Å². The van der Waals surface area contributed by atoms with Gasteiger partial charge in [-0.1, -0.05) is 12.1 Å². The zero-order chi connectivity index (χ0) is 16.5. The molecule has 0 aliphatic heterocycles. The van der Waals surface area contributed by atoms with Crippen molar-refractivity contribution in [2.75, 3.05) is 18.9 Å². The first-order chi connectivity index (χ1) is 11.1. The Morgan fingerprint density at radius 2 is 1.78 bits per heavy atom. The number of anilines is 1. The number of ether oxygens (including phenoxy) is 1. The third kappa shape index (κ3) is 6.38. The SMILES string of the molecule is Nc1ccc(CCNC(=O)CCCOc2ccc(F)cc2)cc1. The van der Waals surface area contributed by atoms with Crippen molar-refractivity contribution in [3.63, 3.8) is 0 Å². The maximum absolute atomic E-state index is 12.7. The molecule has 2 aromatic rings. The van der Waals surface area contributed by atoms with Gasteiger partial charge in [0.05, 0.1) is 6.61 Å². The number of nitrogens with two attached hydrogens (primary N) is 1. The highest BCUT2D eigenvalue weighted by atomic mass is 19.1. The minimum absolute atomic E-state index is 0.00292. The maximum Gasteiger partial charge on any atom is 0.220 e. The summed E-state index contributed by atoms with van der Waals surface area (Å²) in [7, 11) is 0. The topological polar surface area (TPSA) is 64.3 Å². The lowest BCUT2D eigenvalue weighted by atomic mass is 10.1. The summed E-state index contributed by atoms with van der Waals surface area (Å²) in [6.45, 7) is 1.03. The number of carbonyl (C=O) groups is 1. The quantitative estimate of drug-likeness (QED) is 0.581. The Balaban J connectivity index is 1.56. The van der Waals surface area contributed by atoms with E-state index in [4.69, 9.17) is 10.5 Å². The first-order valence-corrected chi connectivity index (χ1v) is 7.63. The van der Waals surface area contributed by atoms with E-state index in [1.807, 2.05) is 24.3 Å². The lowest BCUT2D eigenvalue weighted by Crippen LogP contribution is -2.25. The third-order valence-electron chi connectivity index (χ3n) is 3.35. The Labute approximate surface area is 135 Å². The smallest absolute Gasteiger partial charge is 0.220 e. The predicted octanol–water partition coefficient (Wildman–Crippen LogP) is 2.93. The van der Waals surface area contributed by atoms with Gasteiger partial charge in [-0.05, 0) is 54.8 Å². The molecule has 0 saturated heterocycles. The molecule has 0 bridgehead atoms. The minimum atomic E-state index is -0.294. The first kappa shape index (κ1) is 16.8. The highest BCUT2D eigenvalue weighted by molar-refractivity contribution is 5.75. The van der Waals surface area contributed by atoms with E-state index in [1.54, 1.807) is 12.1 Å².